The van der Waals surface area contributed by atoms with E-state index in [2.05, 4.69) is 15.6 Å². The average molecular weight is 396 g/mol. The molecule has 2 rings (SSSR count). The number of amides is 2. The van der Waals surface area contributed by atoms with Crippen molar-refractivity contribution >= 4 is 17.8 Å². The van der Waals surface area contributed by atoms with Crippen molar-refractivity contribution in [2.45, 2.75) is 51.5 Å². The highest BCUT2D eigenvalue weighted by Crippen LogP contribution is 2.27. The van der Waals surface area contributed by atoms with E-state index in [0.29, 0.717) is 31.6 Å². The topological polar surface area (TPSA) is 86.3 Å². The molecule has 0 aromatic rings. The maximum absolute atomic E-state index is 12.6. The number of aliphatic imine (C=N–C) groups is 1. The number of guanidine groups is 1. The summed E-state index contributed by atoms with van der Waals surface area (Å²) in [6, 6.07) is 0.165. The van der Waals surface area contributed by atoms with Crippen LogP contribution in [-0.2, 0) is 14.3 Å². The number of likely N-dealkylation sites (N-methyl/N-ethyl adjacent to an activating group) is 1. The van der Waals surface area contributed by atoms with E-state index in [1.165, 1.54) is 17.7 Å². The standard InChI is InChI=1S/C20H37N5O3/c1-4-28-13-7-11-21-20(22-14-18(26)24(2)3)23-17-10-12-25(15-17)19(27)16-8-5-6-9-16/h16-17H,4-15H2,1-3H3,(H2,21,22,23). The largest absolute Gasteiger partial charge is 0.382 e. The first-order chi connectivity index (χ1) is 13.5. The maximum atomic E-state index is 12.6. The van der Waals surface area contributed by atoms with Gasteiger partial charge in [0.15, 0.2) is 5.96 Å². The maximum Gasteiger partial charge on any atom is 0.243 e. The Morgan fingerprint density at radius 2 is 1.96 bits per heavy atom. The first kappa shape index (κ1) is 22.5. The number of rotatable bonds is 9. The van der Waals surface area contributed by atoms with Crippen LogP contribution in [0, 0.1) is 5.92 Å². The van der Waals surface area contributed by atoms with Crippen LogP contribution in [0.4, 0.5) is 0 Å². The molecule has 0 aromatic heterocycles. The molecular weight excluding hydrogens is 358 g/mol. The van der Waals surface area contributed by atoms with Crippen molar-refractivity contribution in [2.24, 2.45) is 10.9 Å². The third-order valence-electron chi connectivity index (χ3n) is 5.38. The lowest BCUT2D eigenvalue weighted by molar-refractivity contribution is -0.134. The molecule has 1 atom stereocenters. The normalized spacial score (nSPS) is 20.5. The van der Waals surface area contributed by atoms with Crippen LogP contribution in [0.15, 0.2) is 4.99 Å². The SMILES string of the molecule is CCOCCCNC(=NCC(=O)N(C)C)NC1CCN(C(=O)C2CCCC2)C1. The van der Waals surface area contributed by atoms with Gasteiger partial charge < -0.3 is 25.2 Å². The molecule has 1 aliphatic heterocycles. The van der Waals surface area contributed by atoms with Gasteiger partial charge in [0, 0.05) is 58.9 Å². The molecule has 1 saturated heterocycles. The number of carbonyl (C=O) groups excluding carboxylic acids is 2. The Balaban J connectivity index is 1.84. The second-order valence-corrected chi connectivity index (χ2v) is 7.83. The van der Waals surface area contributed by atoms with Gasteiger partial charge in [0.2, 0.25) is 11.8 Å². The van der Waals surface area contributed by atoms with E-state index >= 15 is 0 Å². The number of hydrogen-bond donors (Lipinski definition) is 2. The average Bonchev–Trinajstić information content (AvgIpc) is 3.37. The van der Waals surface area contributed by atoms with Gasteiger partial charge in [-0.1, -0.05) is 12.8 Å². The Bertz CT molecular complexity index is 532. The van der Waals surface area contributed by atoms with Crippen LogP contribution in [0.1, 0.15) is 45.4 Å². The molecule has 1 unspecified atom stereocenters. The van der Waals surface area contributed by atoms with Crippen LogP contribution in [0.5, 0.6) is 0 Å². The van der Waals surface area contributed by atoms with Gasteiger partial charge in [-0.15, -0.1) is 0 Å². The van der Waals surface area contributed by atoms with Gasteiger partial charge in [0.05, 0.1) is 0 Å². The lowest BCUT2D eigenvalue weighted by atomic mass is 10.1. The zero-order chi connectivity index (χ0) is 20.4. The third-order valence-corrected chi connectivity index (χ3v) is 5.38. The quantitative estimate of drug-likeness (QED) is 0.343. The number of nitrogens with zero attached hydrogens (tertiary/aromatic N) is 3. The van der Waals surface area contributed by atoms with E-state index in [4.69, 9.17) is 4.74 Å². The fourth-order valence-corrected chi connectivity index (χ4v) is 3.67. The Morgan fingerprint density at radius 3 is 2.64 bits per heavy atom. The number of carbonyl (C=O) groups is 2. The predicted molar refractivity (Wildman–Crippen MR) is 110 cm³/mol. The Kier molecular flexibility index (Phi) is 9.54. The predicted octanol–water partition coefficient (Wildman–Crippen LogP) is 0.828. The molecule has 160 valence electrons. The van der Waals surface area contributed by atoms with Gasteiger partial charge in [0.25, 0.3) is 0 Å². The summed E-state index contributed by atoms with van der Waals surface area (Å²) in [5, 5.41) is 6.69. The second kappa shape index (κ2) is 11.9. The van der Waals surface area contributed by atoms with E-state index in [0.717, 1.165) is 38.8 Å². The monoisotopic (exact) mass is 395 g/mol. The Labute approximate surface area is 169 Å². The molecule has 8 nitrogen and oxygen atoms in total. The lowest BCUT2D eigenvalue weighted by Gasteiger charge is -2.22. The molecule has 1 saturated carbocycles. The van der Waals surface area contributed by atoms with E-state index in [-0.39, 0.29) is 24.4 Å². The third kappa shape index (κ3) is 7.30. The molecule has 1 heterocycles. The minimum absolute atomic E-state index is 0.0418. The van der Waals surface area contributed by atoms with E-state index < -0.39 is 0 Å². The van der Waals surface area contributed by atoms with Crippen molar-refractivity contribution in [3.63, 3.8) is 0 Å². The van der Waals surface area contributed by atoms with Gasteiger partial charge in [-0.25, -0.2) is 4.99 Å². The van der Waals surface area contributed by atoms with Crippen molar-refractivity contribution in [3.05, 3.63) is 0 Å². The molecule has 0 aromatic carbocycles. The van der Waals surface area contributed by atoms with Gasteiger partial charge in [-0.3, -0.25) is 9.59 Å². The number of likely N-dealkylation sites (tertiary alicyclic amines) is 1. The summed E-state index contributed by atoms with van der Waals surface area (Å²) >= 11 is 0. The van der Waals surface area contributed by atoms with Crippen LogP contribution >= 0.6 is 0 Å². The molecule has 0 radical (unpaired) electrons. The van der Waals surface area contributed by atoms with Crippen molar-refractivity contribution < 1.29 is 14.3 Å². The molecule has 8 heteroatoms. The summed E-state index contributed by atoms with van der Waals surface area (Å²) in [7, 11) is 3.45. The van der Waals surface area contributed by atoms with Gasteiger partial charge in [0.1, 0.15) is 6.54 Å². The van der Waals surface area contributed by atoms with Crippen LogP contribution in [-0.4, -0.2) is 87.1 Å². The van der Waals surface area contributed by atoms with Gasteiger partial charge >= 0.3 is 0 Å². The fourth-order valence-electron chi connectivity index (χ4n) is 3.67. The van der Waals surface area contributed by atoms with Gasteiger partial charge in [-0.2, -0.15) is 0 Å². The van der Waals surface area contributed by atoms with E-state index in [9.17, 15) is 9.59 Å². The highest BCUT2D eigenvalue weighted by Gasteiger charge is 2.32. The minimum Gasteiger partial charge on any atom is -0.382 e. The fraction of sp³-hybridized carbons (Fsp3) is 0.850. The molecule has 1 aliphatic carbocycles. The first-order valence-electron chi connectivity index (χ1n) is 10.6. The smallest absolute Gasteiger partial charge is 0.243 e. The zero-order valence-corrected chi connectivity index (χ0v) is 17.7. The number of hydrogen-bond acceptors (Lipinski definition) is 4. The zero-order valence-electron chi connectivity index (χ0n) is 17.7. The molecule has 0 spiro atoms. The Hall–Kier alpha value is -1.83. The highest BCUT2D eigenvalue weighted by atomic mass is 16.5. The molecule has 28 heavy (non-hydrogen) atoms. The van der Waals surface area contributed by atoms with Crippen LogP contribution in [0.3, 0.4) is 0 Å². The number of ether oxygens (including phenoxy) is 1. The molecule has 2 fully saturated rings. The Morgan fingerprint density at radius 1 is 1.21 bits per heavy atom. The molecule has 0 bridgehead atoms. The van der Waals surface area contributed by atoms with Crippen molar-refractivity contribution in [1.82, 2.24) is 20.4 Å². The van der Waals surface area contributed by atoms with Crippen molar-refractivity contribution in [2.75, 3.05) is 53.5 Å². The number of nitrogens with one attached hydrogen (secondary N) is 2. The lowest BCUT2D eigenvalue weighted by Crippen LogP contribution is -2.46. The summed E-state index contributed by atoms with van der Waals surface area (Å²) in [5.41, 5.74) is 0. The van der Waals surface area contributed by atoms with Crippen LogP contribution < -0.4 is 10.6 Å². The molecular formula is C20H37N5O3. The van der Waals surface area contributed by atoms with Gasteiger partial charge in [-0.05, 0) is 32.6 Å². The van der Waals surface area contributed by atoms with Crippen LogP contribution in [0.25, 0.3) is 0 Å². The van der Waals surface area contributed by atoms with Crippen LogP contribution in [0.2, 0.25) is 0 Å². The minimum atomic E-state index is -0.0418. The summed E-state index contributed by atoms with van der Waals surface area (Å²) in [6.07, 6.45) is 6.19. The second-order valence-electron chi connectivity index (χ2n) is 7.83. The summed E-state index contributed by atoms with van der Waals surface area (Å²) in [4.78, 5) is 32.5. The van der Waals surface area contributed by atoms with Crippen molar-refractivity contribution in [1.29, 1.82) is 0 Å². The first-order valence-corrected chi connectivity index (χ1v) is 10.6. The van der Waals surface area contributed by atoms with E-state index in [1.54, 1.807) is 14.1 Å². The summed E-state index contributed by atoms with van der Waals surface area (Å²) < 4.78 is 5.36. The molecule has 2 aliphatic rings. The highest BCUT2D eigenvalue weighted by molar-refractivity contribution is 5.85. The van der Waals surface area contributed by atoms with Crippen molar-refractivity contribution in [3.8, 4) is 0 Å². The molecule has 2 amide bonds. The van der Waals surface area contributed by atoms with E-state index in [1.807, 2.05) is 11.8 Å². The molecule has 2 N–H and O–H groups in total. The summed E-state index contributed by atoms with van der Waals surface area (Å²) in [5.74, 6) is 1.13. The summed E-state index contributed by atoms with van der Waals surface area (Å²) in [6.45, 7) is 5.71.